The van der Waals surface area contributed by atoms with Crippen molar-refractivity contribution >= 4 is 11.1 Å². The highest BCUT2D eigenvalue weighted by atomic mass is 16.3. The monoisotopic (exact) mass is 175 g/mol. The number of furan rings is 1. The maximum absolute atomic E-state index is 5.58. The van der Waals surface area contributed by atoms with Gasteiger partial charge in [0.15, 0.2) is 0 Å². The summed E-state index contributed by atoms with van der Waals surface area (Å²) in [7, 11) is 0. The number of hydrogen-bond acceptors (Lipinski definition) is 2. The average molecular weight is 175 g/mol. The Balaban J connectivity index is 2.55. The Morgan fingerprint density at radius 1 is 1.46 bits per heavy atom. The first kappa shape index (κ1) is 8.30. The molecular weight excluding hydrogens is 162 g/mol. The SMILES string of the molecule is CCCc1cc2c(C)ccnc2o1. The summed E-state index contributed by atoms with van der Waals surface area (Å²) in [4.78, 5) is 4.18. The van der Waals surface area contributed by atoms with Crippen LogP contribution in [0.5, 0.6) is 0 Å². The average Bonchev–Trinajstić information content (AvgIpc) is 2.49. The zero-order valence-electron chi connectivity index (χ0n) is 8.00. The molecule has 0 unspecified atom stereocenters. The van der Waals surface area contributed by atoms with Crippen LogP contribution in [0.25, 0.3) is 11.1 Å². The van der Waals surface area contributed by atoms with Gasteiger partial charge in [0.1, 0.15) is 5.76 Å². The van der Waals surface area contributed by atoms with Crippen molar-refractivity contribution < 1.29 is 4.42 Å². The van der Waals surface area contributed by atoms with E-state index >= 15 is 0 Å². The van der Waals surface area contributed by atoms with Crippen molar-refractivity contribution in [2.75, 3.05) is 0 Å². The number of aryl methyl sites for hydroxylation is 2. The van der Waals surface area contributed by atoms with Crippen LogP contribution in [-0.4, -0.2) is 4.98 Å². The lowest BCUT2D eigenvalue weighted by atomic mass is 10.2. The molecule has 0 spiro atoms. The lowest BCUT2D eigenvalue weighted by molar-refractivity contribution is 0.535. The summed E-state index contributed by atoms with van der Waals surface area (Å²) in [5.74, 6) is 1.04. The van der Waals surface area contributed by atoms with Crippen LogP contribution in [0.2, 0.25) is 0 Å². The van der Waals surface area contributed by atoms with Gasteiger partial charge in [0.05, 0.1) is 0 Å². The van der Waals surface area contributed by atoms with Gasteiger partial charge in [0, 0.05) is 18.0 Å². The van der Waals surface area contributed by atoms with Crippen LogP contribution in [-0.2, 0) is 6.42 Å². The summed E-state index contributed by atoms with van der Waals surface area (Å²) >= 11 is 0. The van der Waals surface area contributed by atoms with Crippen LogP contribution in [0.3, 0.4) is 0 Å². The standard InChI is InChI=1S/C11H13NO/c1-3-4-9-7-10-8(2)5-6-12-11(10)13-9/h5-7H,3-4H2,1-2H3. The number of aromatic nitrogens is 1. The number of pyridine rings is 1. The minimum Gasteiger partial charge on any atom is -0.443 e. The topological polar surface area (TPSA) is 26.0 Å². The molecule has 2 heterocycles. The molecular formula is C11H13NO. The Labute approximate surface area is 77.6 Å². The molecule has 0 amide bonds. The van der Waals surface area contributed by atoms with E-state index in [4.69, 9.17) is 4.42 Å². The molecule has 0 fully saturated rings. The first-order chi connectivity index (χ1) is 6.31. The van der Waals surface area contributed by atoms with E-state index in [-0.39, 0.29) is 0 Å². The van der Waals surface area contributed by atoms with Gasteiger partial charge in [-0.2, -0.15) is 0 Å². The van der Waals surface area contributed by atoms with E-state index in [9.17, 15) is 0 Å². The molecule has 2 aromatic heterocycles. The molecule has 0 aliphatic heterocycles. The van der Waals surface area contributed by atoms with E-state index in [2.05, 4.69) is 24.9 Å². The van der Waals surface area contributed by atoms with Crippen molar-refractivity contribution in [1.29, 1.82) is 0 Å². The molecule has 0 aromatic carbocycles. The van der Waals surface area contributed by atoms with Crippen molar-refractivity contribution in [3.8, 4) is 0 Å². The molecule has 0 aliphatic rings. The van der Waals surface area contributed by atoms with Gasteiger partial charge in [-0.1, -0.05) is 6.92 Å². The van der Waals surface area contributed by atoms with Gasteiger partial charge in [-0.25, -0.2) is 4.98 Å². The van der Waals surface area contributed by atoms with E-state index in [0.717, 1.165) is 29.7 Å². The van der Waals surface area contributed by atoms with E-state index in [0.29, 0.717) is 0 Å². The Kier molecular flexibility index (Phi) is 2.05. The van der Waals surface area contributed by atoms with Crippen molar-refractivity contribution in [3.63, 3.8) is 0 Å². The van der Waals surface area contributed by atoms with Gasteiger partial charge in [0.25, 0.3) is 0 Å². The maximum Gasteiger partial charge on any atom is 0.226 e. The lowest BCUT2D eigenvalue weighted by Crippen LogP contribution is -1.75. The Bertz CT molecular complexity index is 417. The fraction of sp³-hybridized carbons (Fsp3) is 0.364. The van der Waals surface area contributed by atoms with Crippen molar-refractivity contribution in [1.82, 2.24) is 4.98 Å². The molecule has 0 radical (unpaired) electrons. The van der Waals surface area contributed by atoms with E-state index < -0.39 is 0 Å². The molecule has 0 saturated heterocycles. The van der Waals surface area contributed by atoms with Gasteiger partial charge < -0.3 is 4.42 Å². The highest BCUT2D eigenvalue weighted by Gasteiger charge is 2.05. The molecule has 0 saturated carbocycles. The molecule has 0 atom stereocenters. The molecule has 0 bridgehead atoms. The fourth-order valence-corrected chi connectivity index (χ4v) is 1.49. The van der Waals surface area contributed by atoms with Crippen molar-refractivity contribution in [3.05, 3.63) is 29.7 Å². The molecule has 68 valence electrons. The molecule has 2 heteroatoms. The normalized spacial score (nSPS) is 10.9. The molecule has 0 N–H and O–H groups in total. The van der Waals surface area contributed by atoms with E-state index in [1.165, 1.54) is 5.56 Å². The number of rotatable bonds is 2. The van der Waals surface area contributed by atoms with Crippen LogP contribution >= 0.6 is 0 Å². The van der Waals surface area contributed by atoms with Crippen LogP contribution in [0.15, 0.2) is 22.7 Å². The van der Waals surface area contributed by atoms with Crippen LogP contribution in [0.4, 0.5) is 0 Å². The first-order valence-corrected chi connectivity index (χ1v) is 4.65. The van der Waals surface area contributed by atoms with Gasteiger partial charge in [-0.3, -0.25) is 0 Å². The smallest absolute Gasteiger partial charge is 0.226 e. The van der Waals surface area contributed by atoms with Crippen molar-refractivity contribution in [2.45, 2.75) is 26.7 Å². The zero-order chi connectivity index (χ0) is 9.26. The molecule has 0 aliphatic carbocycles. The second-order valence-electron chi connectivity index (χ2n) is 3.31. The second kappa shape index (κ2) is 3.21. The van der Waals surface area contributed by atoms with Crippen molar-refractivity contribution in [2.24, 2.45) is 0 Å². The van der Waals surface area contributed by atoms with Crippen LogP contribution < -0.4 is 0 Å². The second-order valence-corrected chi connectivity index (χ2v) is 3.31. The fourth-order valence-electron chi connectivity index (χ4n) is 1.49. The highest BCUT2D eigenvalue weighted by molar-refractivity contribution is 5.77. The molecule has 2 rings (SSSR count). The summed E-state index contributed by atoms with van der Waals surface area (Å²) in [5.41, 5.74) is 2.00. The molecule has 2 nitrogen and oxygen atoms in total. The third-order valence-electron chi connectivity index (χ3n) is 2.20. The summed E-state index contributed by atoms with van der Waals surface area (Å²) < 4.78 is 5.58. The van der Waals surface area contributed by atoms with Gasteiger partial charge in [-0.15, -0.1) is 0 Å². The highest BCUT2D eigenvalue weighted by Crippen LogP contribution is 2.20. The minimum atomic E-state index is 0.767. The third-order valence-corrected chi connectivity index (χ3v) is 2.20. The van der Waals surface area contributed by atoms with Gasteiger partial charge >= 0.3 is 0 Å². The lowest BCUT2D eigenvalue weighted by Gasteiger charge is -1.89. The number of fused-ring (bicyclic) bond motifs is 1. The van der Waals surface area contributed by atoms with Gasteiger partial charge in [-0.05, 0) is 31.0 Å². The Hall–Kier alpha value is -1.31. The summed E-state index contributed by atoms with van der Waals surface area (Å²) in [6.07, 6.45) is 3.89. The summed E-state index contributed by atoms with van der Waals surface area (Å²) in [5, 5.41) is 1.14. The summed E-state index contributed by atoms with van der Waals surface area (Å²) in [6.45, 7) is 4.22. The summed E-state index contributed by atoms with van der Waals surface area (Å²) in [6, 6.07) is 4.11. The molecule has 13 heavy (non-hydrogen) atoms. The van der Waals surface area contributed by atoms with E-state index in [1.807, 2.05) is 6.07 Å². The third kappa shape index (κ3) is 1.44. The number of hydrogen-bond donors (Lipinski definition) is 0. The predicted molar refractivity (Wildman–Crippen MR) is 52.7 cm³/mol. The first-order valence-electron chi connectivity index (χ1n) is 4.65. The predicted octanol–water partition coefficient (Wildman–Crippen LogP) is 3.09. The Morgan fingerprint density at radius 2 is 2.31 bits per heavy atom. The van der Waals surface area contributed by atoms with Gasteiger partial charge in [0.2, 0.25) is 5.71 Å². The Morgan fingerprint density at radius 3 is 3.00 bits per heavy atom. The molecule has 2 aromatic rings. The van der Waals surface area contributed by atoms with E-state index in [1.54, 1.807) is 6.20 Å². The number of nitrogens with zero attached hydrogens (tertiary/aromatic N) is 1. The van der Waals surface area contributed by atoms with Crippen LogP contribution in [0.1, 0.15) is 24.7 Å². The zero-order valence-corrected chi connectivity index (χ0v) is 8.00. The quantitative estimate of drug-likeness (QED) is 0.701. The maximum atomic E-state index is 5.58. The van der Waals surface area contributed by atoms with Crippen LogP contribution in [0, 0.1) is 6.92 Å². The minimum absolute atomic E-state index is 0.767. The largest absolute Gasteiger partial charge is 0.443 e.